The van der Waals surface area contributed by atoms with Crippen molar-refractivity contribution in [1.29, 1.82) is 10.5 Å². The van der Waals surface area contributed by atoms with Crippen molar-refractivity contribution in [3.8, 4) is 12.1 Å². The van der Waals surface area contributed by atoms with Crippen molar-refractivity contribution in [2.24, 2.45) is 23.7 Å². The summed E-state index contributed by atoms with van der Waals surface area (Å²) in [5, 5.41) is 22.3. The molecule has 0 spiro atoms. The molecule has 3 nitrogen and oxygen atoms in total. The minimum atomic E-state index is -0.164. The van der Waals surface area contributed by atoms with Gasteiger partial charge in [0, 0.05) is 23.2 Å². The van der Waals surface area contributed by atoms with E-state index in [2.05, 4.69) is 62.5 Å². The van der Waals surface area contributed by atoms with E-state index in [-0.39, 0.29) is 23.7 Å². The van der Waals surface area contributed by atoms with Gasteiger partial charge in [-0.05, 0) is 50.8 Å². The maximum absolute atomic E-state index is 9.48. The van der Waals surface area contributed by atoms with Crippen LogP contribution < -0.4 is 5.32 Å². The van der Waals surface area contributed by atoms with Crippen molar-refractivity contribution in [1.82, 2.24) is 0 Å². The summed E-state index contributed by atoms with van der Waals surface area (Å²) in [4.78, 5) is 0. The van der Waals surface area contributed by atoms with Gasteiger partial charge in [0.1, 0.15) is 0 Å². The van der Waals surface area contributed by atoms with Gasteiger partial charge in [0.15, 0.2) is 0 Å². The van der Waals surface area contributed by atoms with E-state index in [9.17, 15) is 10.5 Å². The van der Waals surface area contributed by atoms with E-state index in [4.69, 9.17) is 0 Å². The first-order valence-electron chi connectivity index (χ1n) is 7.93. The normalized spacial score (nSPS) is 29.1. The highest BCUT2D eigenvalue weighted by Gasteiger charge is 2.49. The Hall–Kier alpha value is -2.26. The molecule has 0 saturated heterocycles. The van der Waals surface area contributed by atoms with Gasteiger partial charge in [-0.2, -0.15) is 10.5 Å². The minimum Gasteiger partial charge on any atom is -0.382 e. The predicted octanol–water partition coefficient (Wildman–Crippen LogP) is 4.13. The van der Waals surface area contributed by atoms with Gasteiger partial charge in [0.25, 0.3) is 0 Å². The predicted molar refractivity (Wildman–Crippen MR) is 87.7 cm³/mol. The molecule has 0 heterocycles. The second-order valence-electron chi connectivity index (χ2n) is 6.79. The van der Waals surface area contributed by atoms with Crippen LogP contribution in [0.5, 0.6) is 0 Å². The van der Waals surface area contributed by atoms with Crippen LogP contribution in [0.25, 0.3) is 5.57 Å². The number of nitriles is 2. The summed E-state index contributed by atoms with van der Waals surface area (Å²) in [6, 6.07) is 11.5. The summed E-state index contributed by atoms with van der Waals surface area (Å²) in [5.41, 5.74) is 4.82. The van der Waals surface area contributed by atoms with E-state index in [0.717, 1.165) is 12.1 Å². The van der Waals surface area contributed by atoms with Gasteiger partial charge in [-0.25, -0.2) is 0 Å². The Bertz CT molecular complexity index is 702. The van der Waals surface area contributed by atoms with Gasteiger partial charge in [0.05, 0.1) is 24.0 Å². The summed E-state index contributed by atoms with van der Waals surface area (Å²) >= 11 is 0. The minimum absolute atomic E-state index is 0.134. The zero-order valence-electron chi connectivity index (χ0n) is 13.3. The number of rotatable bonds is 3. The molecule has 3 heteroatoms. The fourth-order valence-electron chi connectivity index (χ4n) is 3.92. The molecule has 2 unspecified atom stereocenters. The van der Waals surface area contributed by atoms with Crippen molar-refractivity contribution in [3.05, 3.63) is 35.4 Å². The number of nitrogens with zero attached hydrogens (tertiary/aromatic N) is 2. The molecule has 1 aromatic carbocycles. The van der Waals surface area contributed by atoms with Crippen molar-refractivity contribution >= 4 is 11.3 Å². The molecule has 1 fully saturated rings. The number of allylic oxidation sites excluding steroid dienone is 2. The summed E-state index contributed by atoms with van der Waals surface area (Å²) in [5.74, 6) is 0.142. The fourth-order valence-corrected chi connectivity index (χ4v) is 3.92. The van der Waals surface area contributed by atoms with Gasteiger partial charge < -0.3 is 5.32 Å². The molecule has 2 aliphatic carbocycles. The largest absolute Gasteiger partial charge is 0.382 e. The lowest BCUT2D eigenvalue weighted by molar-refractivity contribution is 0.476. The highest BCUT2D eigenvalue weighted by molar-refractivity contribution is 5.81. The molecule has 0 radical (unpaired) electrons. The molecule has 1 aromatic rings. The van der Waals surface area contributed by atoms with Gasteiger partial charge in [0.2, 0.25) is 0 Å². The lowest BCUT2D eigenvalue weighted by Gasteiger charge is -2.25. The quantitative estimate of drug-likeness (QED) is 0.911. The topological polar surface area (TPSA) is 59.6 Å². The van der Waals surface area contributed by atoms with Crippen molar-refractivity contribution < 1.29 is 0 Å². The summed E-state index contributed by atoms with van der Waals surface area (Å²) in [6.45, 7) is 6.35. The third-order valence-corrected chi connectivity index (χ3v) is 4.83. The third kappa shape index (κ3) is 2.28. The van der Waals surface area contributed by atoms with Crippen LogP contribution in [0, 0.1) is 53.3 Å². The number of hydrogen-bond acceptors (Lipinski definition) is 3. The van der Waals surface area contributed by atoms with Crippen molar-refractivity contribution in [2.45, 2.75) is 33.2 Å². The monoisotopic (exact) mass is 291 g/mol. The Morgan fingerprint density at radius 1 is 1.18 bits per heavy atom. The summed E-state index contributed by atoms with van der Waals surface area (Å²) in [7, 11) is 0. The second kappa shape index (κ2) is 5.50. The maximum atomic E-state index is 9.48. The molecule has 0 amide bonds. The average molecular weight is 291 g/mol. The molecule has 4 atom stereocenters. The van der Waals surface area contributed by atoms with Crippen LogP contribution in [-0.4, -0.2) is 6.04 Å². The molecule has 0 aliphatic heterocycles. The zero-order valence-corrected chi connectivity index (χ0v) is 13.3. The van der Waals surface area contributed by atoms with Gasteiger partial charge in [-0.15, -0.1) is 0 Å². The number of anilines is 1. The van der Waals surface area contributed by atoms with E-state index in [1.54, 1.807) is 0 Å². The first-order valence-corrected chi connectivity index (χ1v) is 7.93. The van der Waals surface area contributed by atoms with E-state index in [0.29, 0.717) is 6.04 Å². The molecule has 1 N–H and O–H groups in total. The molecular weight excluding hydrogens is 270 g/mol. The third-order valence-electron chi connectivity index (χ3n) is 4.83. The molecule has 22 heavy (non-hydrogen) atoms. The van der Waals surface area contributed by atoms with Gasteiger partial charge in [-0.3, -0.25) is 0 Å². The lowest BCUT2D eigenvalue weighted by atomic mass is 9.78. The first kappa shape index (κ1) is 14.7. The Labute approximate surface area is 132 Å². The molecule has 1 saturated carbocycles. The number of aryl methyl sites for hydroxylation is 1. The van der Waals surface area contributed by atoms with Crippen molar-refractivity contribution in [2.75, 3.05) is 5.32 Å². The maximum Gasteiger partial charge on any atom is 0.0696 e. The molecule has 0 aromatic heterocycles. The Morgan fingerprint density at radius 3 is 2.55 bits per heavy atom. The fraction of sp³-hybridized carbons (Fsp3) is 0.474. The number of fused-ring (bicyclic) bond motifs is 2. The first-order chi connectivity index (χ1) is 10.5. The van der Waals surface area contributed by atoms with E-state index >= 15 is 0 Å². The van der Waals surface area contributed by atoms with Crippen LogP contribution >= 0.6 is 0 Å². The smallest absolute Gasteiger partial charge is 0.0696 e. The highest BCUT2D eigenvalue weighted by atomic mass is 14.9. The molecule has 2 aliphatic rings. The van der Waals surface area contributed by atoms with Crippen LogP contribution in [0.2, 0.25) is 0 Å². The Kier molecular flexibility index (Phi) is 3.67. The SMILES string of the molecule is Cc1ccc(NC(C)C)c(C2=CC3CC2[C@@H](C#N)[C@@H]3C#N)c1. The van der Waals surface area contributed by atoms with E-state index in [1.807, 2.05) is 0 Å². The van der Waals surface area contributed by atoms with Crippen LogP contribution in [0.15, 0.2) is 24.3 Å². The van der Waals surface area contributed by atoms with Gasteiger partial charge in [-0.1, -0.05) is 17.7 Å². The number of hydrogen-bond donors (Lipinski definition) is 1. The molecule has 3 rings (SSSR count). The van der Waals surface area contributed by atoms with E-state index < -0.39 is 0 Å². The standard InChI is InChI=1S/C19H21N3/c1-11(2)22-19-5-4-12(3)6-16(19)14-7-13-8-15(14)18(10-21)17(13)9-20/h4-7,11,13,15,17-18,22H,8H2,1-3H3/t13?,15?,17-,18-/m1/s1. The summed E-state index contributed by atoms with van der Waals surface area (Å²) < 4.78 is 0. The lowest BCUT2D eigenvalue weighted by Crippen LogP contribution is -2.20. The highest BCUT2D eigenvalue weighted by Crippen LogP contribution is 2.55. The second-order valence-corrected chi connectivity index (χ2v) is 6.79. The van der Waals surface area contributed by atoms with Crippen LogP contribution in [0.4, 0.5) is 5.69 Å². The van der Waals surface area contributed by atoms with Crippen LogP contribution in [0.1, 0.15) is 31.4 Å². The van der Waals surface area contributed by atoms with Crippen LogP contribution in [0.3, 0.4) is 0 Å². The molecular formula is C19H21N3. The zero-order chi connectivity index (χ0) is 15.9. The Morgan fingerprint density at radius 2 is 1.91 bits per heavy atom. The summed E-state index contributed by atoms with van der Waals surface area (Å²) in [6.07, 6.45) is 3.19. The van der Waals surface area contributed by atoms with Crippen LogP contribution in [-0.2, 0) is 0 Å². The van der Waals surface area contributed by atoms with Crippen molar-refractivity contribution in [3.63, 3.8) is 0 Å². The Balaban J connectivity index is 2.03. The number of benzene rings is 1. The van der Waals surface area contributed by atoms with Gasteiger partial charge >= 0.3 is 0 Å². The number of nitrogens with one attached hydrogen (secondary N) is 1. The van der Waals surface area contributed by atoms with E-state index in [1.165, 1.54) is 16.7 Å². The molecule has 2 bridgehead atoms. The average Bonchev–Trinajstić information content (AvgIpc) is 3.05. The molecule has 112 valence electrons.